The van der Waals surface area contributed by atoms with Crippen molar-refractivity contribution in [2.75, 3.05) is 19.7 Å². The summed E-state index contributed by atoms with van der Waals surface area (Å²) in [6, 6.07) is 8.45. The molecule has 0 bridgehead atoms. The Morgan fingerprint density at radius 3 is 3.00 bits per heavy atom. The second kappa shape index (κ2) is 6.57. The Kier molecular flexibility index (Phi) is 4.80. The molecule has 24 heavy (non-hydrogen) atoms. The second-order valence-electron chi connectivity index (χ2n) is 7.56. The third-order valence-electron chi connectivity index (χ3n) is 6.14. The van der Waals surface area contributed by atoms with E-state index in [9.17, 15) is 4.79 Å². The van der Waals surface area contributed by atoms with Crippen LogP contribution in [0.5, 0.6) is 5.75 Å². The maximum Gasteiger partial charge on any atom is 0.226 e. The Labute approximate surface area is 150 Å². The van der Waals surface area contributed by atoms with Crippen molar-refractivity contribution in [1.82, 2.24) is 4.90 Å². The fraction of sp³-hybridized carbons (Fsp3) is 0.632. The quantitative estimate of drug-likeness (QED) is 0.892. The van der Waals surface area contributed by atoms with E-state index in [1.807, 2.05) is 12.1 Å². The number of nitrogens with two attached hydrogens (primary N) is 1. The van der Waals surface area contributed by atoms with Crippen molar-refractivity contribution in [3.8, 4) is 5.75 Å². The number of ether oxygens (including phenoxy) is 1. The van der Waals surface area contributed by atoms with Crippen molar-refractivity contribution < 1.29 is 9.53 Å². The van der Waals surface area contributed by atoms with Gasteiger partial charge in [0, 0.05) is 36.0 Å². The van der Waals surface area contributed by atoms with Gasteiger partial charge in [-0.15, -0.1) is 12.4 Å². The summed E-state index contributed by atoms with van der Waals surface area (Å²) in [5.41, 5.74) is 7.20. The van der Waals surface area contributed by atoms with Gasteiger partial charge < -0.3 is 15.4 Å². The summed E-state index contributed by atoms with van der Waals surface area (Å²) in [7, 11) is 0. The van der Waals surface area contributed by atoms with Crippen molar-refractivity contribution in [2.24, 2.45) is 17.6 Å². The summed E-state index contributed by atoms with van der Waals surface area (Å²) in [4.78, 5) is 15.2. The van der Waals surface area contributed by atoms with E-state index < -0.39 is 0 Å². The van der Waals surface area contributed by atoms with Crippen LogP contribution in [0, 0.1) is 11.8 Å². The molecule has 0 radical (unpaired) electrons. The molecular weight excluding hydrogens is 324 g/mol. The summed E-state index contributed by atoms with van der Waals surface area (Å²) < 4.78 is 5.78. The van der Waals surface area contributed by atoms with Crippen LogP contribution in [-0.4, -0.2) is 36.5 Å². The Bertz CT molecular complexity index is 623. The average Bonchev–Trinajstić information content (AvgIpc) is 3.29. The highest BCUT2D eigenvalue weighted by Crippen LogP contribution is 2.61. The maximum absolute atomic E-state index is 13.1. The van der Waals surface area contributed by atoms with Crippen LogP contribution in [0.4, 0.5) is 0 Å². The Balaban J connectivity index is 0.00000169. The topological polar surface area (TPSA) is 55.6 Å². The molecule has 2 N–H and O–H groups in total. The number of halogens is 1. The van der Waals surface area contributed by atoms with E-state index in [2.05, 4.69) is 24.0 Å². The lowest BCUT2D eigenvalue weighted by Crippen LogP contribution is -2.50. The van der Waals surface area contributed by atoms with Gasteiger partial charge in [-0.3, -0.25) is 4.79 Å². The molecule has 2 fully saturated rings. The molecule has 4 unspecified atom stereocenters. The van der Waals surface area contributed by atoms with Crippen LogP contribution >= 0.6 is 12.4 Å². The number of nitrogens with zero attached hydrogens (tertiary/aromatic N) is 1. The average molecular weight is 351 g/mol. The van der Waals surface area contributed by atoms with Crippen molar-refractivity contribution >= 4 is 18.3 Å². The van der Waals surface area contributed by atoms with Gasteiger partial charge in [-0.1, -0.05) is 25.1 Å². The molecule has 1 saturated heterocycles. The first-order chi connectivity index (χ1) is 11.2. The smallest absolute Gasteiger partial charge is 0.226 e. The lowest BCUT2D eigenvalue weighted by Gasteiger charge is -2.39. The number of carbonyl (C=O) groups is 1. The van der Waals surface area contributed by atoms with Crippen LogP contribution in [0.3, 0.4) is 0 Å². The van der Waals surface area contributed by atoms with Gasteiger partial charge in [-0.25, -0.2) is 0 Å². The predicted octanol–water partition coefficient (Wildman–Crippen LogP) is 2.73. The van der Waals surface area contributed by atoms with E-state index >= 15 is 0 Å². The summed E-state index contributed by atoms with van der Waals surface area (Å²) in [6.07, 6.45) is 4.07. The number of rotatable bonds is 2. The Morgan fingerprint density at radius 1 is 1.42 bits per heavy atom. The van der Waals surface area contributed by atoms with E-state index in [1.165, 1.54) is 5.56 Å². The number of carbonyl (C=O) groups excluding carboxylic acids is 1. The molecule has 1 amide bonds. The minimum Gasteiger partial charge on any atom is -0.493 e. The zero-order chi connectivity index (χ0) is 16.0. The van der Waals surface area contributed by atoms with Crippen LogP contribution in [0.2, 0.25) is 0 Å². The maximum atomic E-state index is 13.1. The number of benzene rings is 1. The van der Waals surface area contributed by atoms with E-state index in [0.717, 1.165) is 44.6 Å². The highest BCUT2D eigenvalue weighted by molar-refractivity contribution is 5.85. The molecule has 4 atom stereocenters. The molecule has 1 aromatic rings. The largest absolute Gasteiger partial charge is 0.493 e. The van der Waals surface area contributed by atoms with E-state index in [-0.39, 0.29) is 29.8 Å². The molecule has 2 aliphatic heterocycles. The molecule has 3 aliphatic rings. The number of hydrogen-bond acceptors (Lipinski definition) is 3. The van der Waals surface area contributed by atoms with Gasteiger partial charge in [-0.2, -0.15) is 0 Å². The predicted molar refractivity (Wildman–Crippen MR) is 96.5 cm³/mol. The highest BCUT2D eigenvalue weighted by atomic mass is 35.5. The molecule has 4 nitrogen and oxygen atoms in total. The van der Waals surface area contributed by atoms with Gasteiger partial charge in [0.15, 0.2) is 0 Å². The fourth-order valence-electron chi connectivity index (χ4n) is 4.65. The monoisotopic (exact) mass is 350 g/mol. The van der Waals surface area contributed by atoms with Crippen LogP contribution in [0.1, 0.15) is 38.2 Å². The van der Waals surface area contributed by atoms with Crippen molar-refractivity contribution in [1.29, 1.82) is 0 Å². The van der Waals surface area contributed by atoms with Crippen LogP contribution < -0.4 is 10.5 Å². The van der Waals surface area contributed by atoms with Crippen molar-refractivity contribution in [2.45, 2.75) is 44.1 Å². The van der Waals surface area contributed by atoms with Crippen molar-refractivity contribution in [3.05, 3.63) is 29.8 Å². The van der Waals surface area contributed by atoms with Crippen molar-refractivity contribution in [3.63, 3.8) is 0 Å². The first kappa shape index (κ1) is 17.6. The molecule has 4 rings (SSSR count). The molecule has 2 heterocycles. The van der Waals surface area contributed by atoms with E-state index in [4.69, 9.17) is 10.5 Å². The Hall–Kier alpha value is -1.26. The molecule has 1 aliphatic carbocycles. The molecule has 132 valence electrons. The minimum absolute atomic E-state index is 0. The molecule has 5 heteroatoms. The third kappa shape index (κ3) is 2.70. The fourth-order valence-corrected chi connectivity index (χ4v) is 4.65. The summed E-state index contributed by atoms with van der Waals surface area (Å²) >= 11 is 0. The highest BCUT2D eigenvalue weighted by Gasteiger charge is 2.62. The molecule has 1 aromatic carbocycles. The normalized spacial score (nSPS) is 34.1. The van der Waals surface area contributed by atoms with Gasteiger partial charge in [0.2, 0.25) is 5.91 Å². The zero-order valence-corrected chi connectivity index (χ0v) is 15.1. The standard InChI is InChI=1S/C19H26N2O2.ClH/c1-13-6-8-21(14(10-13)12-20)18(22)16-11-19(16)7-9-23-17-5-3-2-4-15(17)19;/h2-5,13-14,16H,6-12,20H2,1H3;1H. The minimum atomic E-state index is 0. The number of hydrogen-bond donors (Lipinski definition) is 1. The molecule has 0 aromatic heterocycles. The number of amides is 1. The lowest BCUT2D eigenvalue weighted by molar-refractivity contribution is -0.137. The van der Waals surface area contributed by atoms with Gasteiger partial charge >= 0.3 is 0 Å². The number of para-hydroxylation sites is 1. The van der Waals surface area contributed by atoms with Crippen LogP contribution in [0.15, 0.2) is 24.3 Å². The molecular formula is C19H27ClN2O2. The van der Waals surface area contributed by atoms with Gasteiger partial charge in [-0.05, 0) is 37.7 Å². The second-order valence-corrected chi connectivity index (χ2v) is 7.56. The van der Waals surface area contributed by atoms with Gasteiger partial charge in [0.1, 0.15) is 5.75 Å². The summed E-state index contributed by atoms with van der Waals surface area (Å²) in [5.74, 6) is 2.08. The molecule has 1 spiro atoms. The third-order valence-corrected chi connectivity index (χ3v) is 6.14. The first-order valence-electron chi connectivity index (χ1n) is 8.88. The number of likely N-dealkylation sites (tertiary alicyclic amines) is 1. The van der Waals surface area contributed by atoms with Crippen LogP contribution in [-0.2, 0) is 10.2 Å². The summed E-state index contributed by atoms with van der Waals surface area (Å²) in [5, 5.41) is 0. The van der Waals surface area contributed by atoms with E-state index in [0.29, 0.717) is 18.4 Å². The molecule has 1 saturated carbocycles. The zero-order valence-electron chi connectivity index (χ0n) is 14.2. The SMILES string of the molecule is CC1CCN(C(=O)C2CC23CCOc2ccccc23)C(CN)C1.Cl. The summed E-state index contributed by atoms with van der Waals surface area (Å²) in [6.45, 7) is 4.43. The van der Waals surface area contributed by atoms with Gasteiger partial charge in [0.25, 0.3) is 0 Å². The number of piperidine rings is 1. The van der Waals surface area contributed by atoms with E-state index in [1.54, 1.807) is 0 Å². The lowest BCUT2D eigenvalue weighted by atomic mass is 9.86. The first-order valence-corrected chi connectivity index (χ1v) is 8.88. The van der Waals surface area contributed by atoms with Crippen LogP contribution in [0.25, 0.3) is 0 Å². The van der Waals surface area contributed by atoms with Gasteiger partial charge in [0.05, 0.1) is 6.61 Å². The number of fused-ring (bicyclic) bond motifs is 2. The Morgan fingerprint density at radius 2 is 2.21 bits per heavy atom.